The molecule has 3 N–H and O–H groups in total. The van der Waals surface area contributed by atoms with Crippen LogP contribution in [0.5, 0.6) is 0 Å². The molecule has 1 fully saturated rings. The minimum absolute atomic E-state index is 0.146. The monoisotopic (exact) mass is 284 g/mol. The van der Waals surface area contributed by atoms with Crippen LogP contribution in [-0.4, -0.2) is 41.1 Å². The second-order valence-electron chi connectivity index (χ2n) is 6.26. The van der Waals surface area contributed by atoms with Crippen molar-refractivity contribution in [2.24, 2.45) is 5.73 Å². The van der Waals surface area contributed by atoms with Gasteiger partial charge in [0.2, 0.25) is 5.91 Å². The maximum Gasteiger partial charge on any atom is 0.224 e. The average molecular weight is 284 g/mol. The first-order valence-corrected chi connectivity index (χ1v) is 8.29. The molecule has 1 saturated carbocycles. The molecule has 0 aromatic carbocycles. The fraction of sp³-hybridized carbons (Fsp3) is 0.938. The SMILES string of the molecule is CCCCCCCN(CCCO)C(=O)CC1(N)CCC1. The Morgan fingerprint density at radius 1 is 1.15 bits per heavy atom. The lowest BCUT2D eigenvalue weighted by Crippen LogP contribution is -2.50. The lowest BCUT2D eigenvalue weighted by atomic mass is 9.75. The fourth-order valence-corrected chi connectivity index (χ4v) is 2.75. The summed E-state index contributed by atoms with van der Waals surface area (Å²) in [5.41, 5.74) is 5.93. The molecule has 0 atom stereocenters. The van der Waals surface area contributed by atoms with E-state index in [-0.39, 0.29) is 18.1 Å². The molecule has 0 saturated heterocycles. The summed E-state index contributed by atoms with van der Waals surface area (Å²) in [6.07, 6.45) is 10.3. The second-order valence-corrected chi connectivity index (χ2v) is 6.26. The van der Waals surface area contributed by atoms with Crippen molar-refractivity contribution in [1.29, 1.82) is 0 Å². The van der Waals surface area contributed by atoms with Gasteiger partial charge >= 0.3 is 0 Å². The normalized spacial score (nSPS) is 16.8. The third-order valence-corrected chi connectivity index (χ3v) is 4.32. The third kappa shape index (κ3) is 6.23. The van der Waals surface area contributed by atoms with E-state index in [1.165, 1.54) is 25.7 Å². The van der Waals surface area contributed by atoms with Gasteiger partial charge in [-0.05, 0) is 32.1 Å². The molecule has 1 amide bonds. The van der Waals surface area contributed by atoms with Gasteiger partial charge in [0.05, 0.1) is 0 Å². The first kappa shape index (κ1) is 17.4. The molecule has 1 aliphatic rings. The van der Waals surface area contributed by atoms with Crippen molar-refractivity contribution in [3.63, 3.8) is 0 Å². The quantitative estimate of drug-likeness (QED) is 0.573. The highest BCUT2D eigenvalue weighted by Crippen LogP contribution is 2.32. The topological polar surface area (TPSA) is 66.6 Å². The highest BCUT2D eigenvalue weighted by molar-refractivity contribution is 5.77. The standard InChI is InChI=1S/C16H32N2O2/c1-2-3-4-5-6-11-18(12-8-13-19)15(20)14-16(17)9-7-10-16/h19H,2-14,17H2,1H3. The van der Waals surface area contributed by atoms with Crippen molar-refractivity contribution in [2.45, 2.75) is 76.7 Å². The summed E-state index contributed by atoms with van der Waals surface area (Å²) in [6, 6.07) is 0. The number of hydrogen-bond donors (Lipinski definition) is 2. The number of unbranched alkanes of at least 4 members (excludes halogenated alkanes) is 4. The molecule has 0 bridgehead atoms. The van der Waals surface area contributed by atoms with Crippen LogP contribution in [0.15, 0.2) is 0 Å². The summed E-state index contributed by atoms with van der Waals surface area (Å²) in [4.78, 5) is 14.3. The maximum absolute atomic E-state index is 12.3. The molecule has 0 radical (unpaired) electrons. The number of hydrogen-bond acceptors (Lipinski definition) is 3. The highest BCUT2D eigenvalue weighted by atomic mass is 16.3. The minimum Gasteiger partial charge on any atom is -0.396 e. The number of amides is 1. The minimum atomic E-state index is -0.239. The van der Waals surface area contributed by atoms with Crippen LogP contribution in [0.1, 0.15) is 71.1 Å². The van der Waals surface area contributed by atoms with Gasteiger partial charge in [0, 0.05) is 31.7 Å². The molecule has 0 unspecified atom stereocenters. The molecule has 1 rings (SSSR count). The molecule has 0 aliphatic heterocycles. The molecule has 118 valence electrons. The Labute approximate surface area is 123 Å². The van der Waals surface area contributed by atoms with E-state index >= 15 is 0 Å². The predicted molar refractivity (Wildman–Crippen MR) is 82.4 cm³/mol. The number of aliphatic hydroxyl groups excluding tert-OH is 1. The van der Waals surface area contributed by atoms with Crippen molar-refractivity contribution < 1.29 is 9.90 Å². The summed E-state index contributed by atoms with van der Waals surface area (Å²) in [5, 5.41) is 8.97. The summed E-state index contributed by atoms with van der Waals surface area (Å²) < 4.78 is 0. The van der Waals surface area contributed by atoms with Gasteiger partial charge < -0.3 is 15.7 Å². The number of carbonyl (C=O) groups excluding carboxylic acids is 1. The molecule has 0 spiro atoms. The molecular formula is C16H32N2O2. The number of carbonyl (C=O) groups is 1. The summed E-state index contributed by atoms with van der Waals surface area (Å²) >= 11 is 0. The summed E-state index contributed by atoms with van der Waals surface area (Å²) in [6.45, 7) is 3.83. The number of nitrogens with two attached hydrogens (primary N) is 1. The number of nitrogens with zero attached hydrogens (tertiary/aromatic N) is 1. The van der Waals surface area contributed by atoms with E-state index < -0.39 is 0 Å². The first-order chi connectivity index (χ1) is 9.61. The largest absolute Gasteiger partial charge is 0.396 e. The van der Waals surface area contributed by atoms with E-state index in [1.54, 1.807) is 0 Å². The van der Waals surface area contributed by atoms with Crippen LogP contribution >= 0.6 is 0 Å². The molecule has 0 heterocycles. The van der Waals surface area contributed by atoms with Gasteiger partial charge in [-0.3, -0.25) is 4.79 Å². The van der Waals surface area contributed by atoms with Gasteiger partial charge in [0.1, 0.15) is 0 Å². The van der Waals surface area contributed by atoms with Gasteiger partial charge in [0.15, 0.2) is 0 Å². The predicted octanol–water partition coefficient (Wildman–Crippen LogP) is 2.44. The van der Waals surface area contributed by atoms with Crippen LogP contribution in [0.25, 0.3) is 0 Å². The number of rotatable bonds is 11. The lowest BCUT2D eigenvalue weighted by Gasteiger charge is -2.39. The molecular weight excluding hydrogens is 252 g/mol. The molecule has 20 heavy (non-hydrogen) atoms. The zero-order chi connectivity index (χ0) is 14.8. The molecule has 4 nitrogen and oxygen atoms in total. The van der Waals surface area contributed by atoms with E-state index in [9.17, 15) is 4.79 Å². The summed E-state index contributed by atoms with van der Waals surface area (Å²) in [5.74, 6) is 0.177. The van der Waals surface area contributed by atoms with Gasteiger partial charge in [-0.1, -0.05) is 32.6 Å². The van der Waals surface area contributed by atoms with Gasteiger partial charge in [0.25, 0.3) is 0 Å². The van der Waals surface area contributed by atoms with E-state index in [2.05, 4.69) is 6.92 Å². The van der Waals surface area contributed by atoms with Gasteiger partial charge in [-0.2, -0.15) is 0 Å². The lowest BCUT2D eigenvalue weighted by molar-refractivity contribution is -0.133. The smallest absolute Gasteiger partial charge is 0.224 e. The molecule has 0 aromatic heterocycles. The van der Waals surface area contributed by atoms with Crippen molar-refractivity contribution in [3.05, 3.63) is 0 Å². The average Bonchev–Trinajstić information content (AvgIpc) is 2.40. The summed E-state index contributed by atoms with van der Waals surface area (Å²) in [7, 11) is 0. The van der Waals surface area contributed by atoms with Crippen molar-refractivity contribution in [1.82, 2.24) is 4.90 Å². The molecule has 0 aromatic rings. The van der Waals surface area contributed by atoms with Crippen LogP contribution in [0.2, 0.25) is 0 Å². The zero-order valence-electron chi connectivity index (χ0n) is 13.1. The first-order valence-electron chi connectivity index (χ1n) is 8.29. The van der Waals surface area contributed by atoms with Crippen LogP contribution < -0.4 is 5.73 Å². The second kappa shape index (κ2) is 9.35. The molecule has 4 heteroatoms. The van der Waals surface area contributed by atoms with Crippen LogP contribution in [-0.2, 0) is 4.79 Å². The van der Waals surface area contributed by atoms with E-state index in [0.29, 0.717) is 19.4 Å². The van der Waals surface area contributed by atoms with E-state index in [4.69, 9.17) is 10.8 Å². The Balaban J connectivity index is 2.31. The van der Waals surface area contributed by atoms with Gasteiger partial charge in [-0.15, -0.1) is 0 Å². The van der Waals surface area contributed by atoms with Crippen LogP contribution in [0.4, 0.5) is 0 Å². The maximum atomic E-state index is 12.3. The third-order valence-electron chi connectivity index (χ3n) is 4.32. The van der Waals surface area contributed by atoms with Crippen molar-refractivity contribution in [2.75, 3.05) is 19.7 Å². The van der Waals surface area contributed by atoms with E-state index in [0.717, 1.165) is 32.2 Å². The van der Waals surface area contributed by atoms with Gasteiger partial charge in [-0.25, -0.2) is 0 Å². The van der Waals surface area contributed by atoms with Crippen LogP contribution in [0, 0.1) is 0 Å². The molecule has 1 aliphatic carbocycles. The Hall–Kier alpha value is -0.610. The Bertz CT molecular complexity index is 278. The Morgan fingerprint density at radius 3 is 2.35 bits per heavy atom. The number of aliphatic hydroxyl groups is 1. The highest BCUT2D eigenvalue weighted by Gasteiger charge is 2.35. The fourth-order valence-electron chi connectivity index (χ4n) is 2.75. The van der Waals surface area contributed by atoms with E-state index in [1.807, 2.05) is 4.90 Å². The van der Waals surface area contributed by atoms with Crippen molar-refractivity contribution >= 4 is 5.91 Å². The zero-order valence-corrected chi connectivity index (χ0v) is 13.1. The Kier molecular flexibility index (Phi) is 8.15. The van der Waals surface area contributed by atoms with Crippen molar-refractivity contribution in [3.8, 4) is 0 Å². The van der Waals surface area contributed by atoms with Crippen LogP contribution in [0.3, 0.4) is 0 Å². The Morgan fingerprint density at radius 2 is 1.80 bits per heavy atom.